The van der Waals surface area contributed by atoms with Crippen molar-refractivity contribution >= 4 is 59.4 Å². The molecule has 2 heterocycles. The number of benzene rings is 3. The van der Waals surface area contributed by atoms with E-state index in [4.69, 9.17) is 18.9 Å². The van der Waals surface area contributed by atoms with Crippen LogP contribution in [0, 0.1) is 10.1 Å². The van der Waals surface area contributed by atoms with Crippen molar-refractivity contribution in [2.24, 2.45) is 0 Å². The van der Waals surface area contributed by atoms with E-state index in [1.165, 1.54) is 39.3 Å². The standard InChI is InChI=1S/C22H26N2O4S.C17H18N2O6.ClH/c1-15(25)28-20-21(16-9-11-17(27-4)12-10-16)29-19-8-6-5-7-18(19)24(22(20)26)14-13-23(2)3;1-9-13(16(20)24-3)15(14(10(2)18-9)17(21)25-4)11-7-5-6-8-12(11)19(22)23;/h5-12,20-21H,13-14H2,1-4H3;5-8,15,18H,1-4H3;1H/t20-,21+;;/m1../s1. The maximum atomic E-state index is 13.6. The highest BCUT2D eigenvalue weighted by Gasteiger charge is 2.42. The first-order valence-electron chi connectivity index (χ1n) is 16.8. The van der Waals surface area contributed by atoms with Gasteiger partial charge >= 0.3 is 17.9 Å². The number of hydrogen-bond acceptors (Lipinski definition) is 13. The molecular formula is C39H45ClN4O10S. The molecular weight excluding hydrogens is 752 g/mol. The van der Waals surface area contributed by atoms with Gasteiger partial charge in [-0.05, 0) is 57.8 Å². The number of allylic oxidation sites excluding steroid dienone is 2. The maximum absolute atomic E-state index is 13.6. The molecule has 2 aliphatic heterocycles. The zero-order valence-corrected chi connectivity index (χ0v) is 33.4. The normalized spacial score (nSPS) is 16.7. The molecule has 1 N–H and O–H groups in total. The smallest absolute Gasteiger partial charge is 0.336 e. The highest BCUT2D eigenvalue weighted by atomic mass is 35.5. The molecule has 14 nitrogen and oxygen atoms in total. The number of nitro benzene ring substituents is 1. The van der Waals surface area contributed by atoms with Crippen LogP contribution < -0.4 is 15.0 Å². The van der Waals surface area contributed by atoms with E-state index in [2.05, 4.69) is 5.32 Å². The SMILES string of the molecule is COC(=O)C1=C(C)NC(C)=C(C(=O)OC)C1c1ccccc1[N+](=O)[O-].COc1ccc([C@@H]2Sc3ccccc3N(CCN(C)C)C(=O)[C@@H]2OC(C)=O)cc1.Cl. The Morgan fingerprint density at radius 1 is 0.891 bits per heavy atom. The van der Waals surface area contributed by atoms with Crippen LogP contribution in [-0.2, 0) is 33.4 Å². The maximum Gasteiger partial charge on any atom is 0.336 e. The number of fused-ring (bicyclic) bond motifs is 1. The number of nitro groups is 1. The van der Waals surface area contributed by atoms with Gasteiger partial charge in [-0.3, -0.25) is 19.7 Å². The van der Waals surface area contributed by atoms with Gasteiger partial charge in [0.25, 0.3) is 11.6 Å². The quantitative estimate of drug-likeness (QED) is 0.111. The van der Waals surface area contributed by atoms with Crippen LogP contribution >= 0.6 is 24.2 Å². The number of carbonyl (C=O) groups is 4. The van der Waals surface area contributed by atoms with Crippen molar-refractivity contribution in [2.75, 3.05) is 53.4 Å². The molecule has 1 amide bonds. The number of nitrogens with zero attached hydrogens (tertiary/aromatic N) is 3. The van der Waals surface area contributed by atoms with Crippen molar-refractivity contribution in [1.82, 2.24) is 10.2 Å². The van der Waals surface area contributed by atoms with Crippen molar-refractivity contribution in [2.45, 2.75) is 42.9 Å². The van der Waals surface area contributed by atoms with Crippen molar-refractivity contribution < 1.29 is 43.0 Å². The van der Waals surface area contributed by atoms with Crippen molar-refractivity contribution in [3.63, 3.8) is 0 Å². The summed E-state index contributed by atoms with van der Waals surface area (Å²) in [4.78, 5) is 65.7. The molecule has 55 heavy (non-hydrogen) atoms. The molecule has 2 aliphatic rings. The lowest BCUT2D eigenvalue weighted by Gasteiger charge is -2.29. The van der Waals surface area contributed by atoms with E-state index in [0.29, 0.717) is 24.5 Å². The Labute approximate surface area is 330 Å². The third-order valence-electron chi connectivity index (χ3n) is 8.72. The fourth-order valence-electron chi connectivity index (χ4n) is 6.20. The number of anilines is 1. The minimum Gasteiger partial charge on any atom is -0.497 e. The summed E-state index contributed by atoms with van der Waals surface area (Å²) >= 11 is 1.54. The van der Waals surface area contributed by atoms with E-state index in [1.807, 2.05) is 67.5 Å². The second kappa shape index (κ2) is 19.8. The molecule has 0 bridgehead atoms. The van der Waals surface area contributed by atoms with Crippen LogP contribution in [0.3, 0.4) is 0 Å². The second-order valence-electron chi connectivity index (χ2n) is 12.5. The van der Waals surface area contributed by atoms with Gasteiger partial charge in [0.1, 0.15) is 5.75 Å². The topological polar surface area (TPSA) is 167 Å². The number of esters is 3. The Bertz CT molecular complexity index is 1930. The molecule has 294 valence electrons. The summed E-state index contributed by atoms with van der Waals surface area (Å²) in [5.41, 5.74) is 2.94. The van der Waals surface area contributed by atoms with E-state index < -0.39 is 34.9 Å². The number of likely N-dealkylation sites (N-methyl/N-ethyl adjacent to an activating group) is 1. The van der Waals surface area contributed by atoms with Gasteiger partial charge in [0.05, 0.1) is 54.3 Å². The first-order valence-corrected chi connectivity index (χ1v) is 17.7. The molecule has 0 aliphatic carbocycles. The molecule has 5 rings (SSSR count). The largest absolute Gasteiger partial charge is 0.497 e. The van der Waals surface area contributed by atoms with Crippen molar-refractivity contribution in [3.05, 3.63) is 117 Å². The average molecular weight is 797 g/mol. The predicted molar refractivity (Wildman–Crippen MR) is 210 cm³/mol. The van der Waals surface area contributed by atoms with Gasteiger partial charge in [-0.1, -0.05) is 42.5 Å². The fourth-order valence-corrected chi connectivity index (χ4v) is 7.52. The summed E-state index contributed by atoms with van der Waals surface area (Å²) in [6.07, 6.45) is -0.916. The van der Waals surface area contributed by atoms with Crippen molar-refractivity contribution in [3.8, 4) is 5.75 Å². The van der Waals surface area contributed by atoms with Gasteiger partial charge in [-0.15, -0.1) is 24.2 Å². The lowest BCUT2D eigenvalue weighted by molar-refractivity contribution is -0.385. The number of thioether (sulfide) groups is 1. The number of ether oxygens (including phenoxy) is 4. The predicted octanol–water partition coefficient (Wildman–Crippen LogP) is 5.97. The van der Waals surface area contributed by atoms with Crippen LogP contribution in [0.15, 0.2) is 100 Å². The highest BCUT2D eigenvalue weighted by molar-refractivity contribution is 7.99. The lowest BCUT2D eigenvalue weighted by Crippen LogP contribution is -2.45. The van der Waals surface area contributed by atoms with Gasteiger partial charge in [-0.25, -0.2) is 9.59 Å². The van der Waals surface area contributed by atoms with Gasteiger partial charge in [-0.2, -0.15) is 0 Å². The monoisotopic (exact) mass is 796 g/mol. The average Bonchev–Trinajstić information content (AvgIpc) is 3.26. The molecule has 0 fully saturated rings. The number of carbonyl (C=O) groups excluding carboxylic acids is 4. The highest BCUT2D eigenvalue weighted by Crippen LogP contribution is 2.47. The first kappa shape index (κ1) is 44.0. The Hall–Kier alpha value is -5.38. The fraction of sp³-hybridized carbons (Fsp3) is 0.333. The number of hydrogen-bond donors (Lipinski definition) is 1. The summed E-state index contributed by atoms with van der Waals surface area (Å²) < 4.78 is 20.5. The van der Waals surface area contributed by atoms with Gasteiger partial charge in [0.2, 0.25) is 0 Å². The minimum absolute atomic E-state index is 0. The molecule has 0 radical (unpaired) electrons. The number of para-hydroxylation sites is 2. The molecule has 2 atom stereocenters. The number of amides is 1. The van der Waals surface area contributed by atoms with Crippen LogP contribution in [0.1, 0.15) is 43.1 Å². The van der Waals surface area contributed by atoms with Crippen molar-refractivity contribution in [1.29, 1.82) is 0 Å². The third-order valence-corrected chi connectivity index (χ3v) is 10.1. The first-order chi connectivity index (χ1) is 25.7. The summed E-state index contributed by atoms with van der Waals surface area (Å²) in [7, 11) is 7.96. The van der Waals surface area contributed by atoms with Crippen LogP contribution in [0.2, 0.25) is 0 Å². The van der Waals surface area contributed by atoms with E-state index in [9.17, 15) is 29.3 Å². The van der Waals surface area contributed by atoms with Crippen LogP contribution in [0.5, 0.6) is 5.75 Å². The molecule has 0 spiro atoms. The van der Waals surface area contributed by atoms with Crippen LogP contribution in [-0.4, -0.2) is 88.3 Å². The zero-order chi connectivity index (χ0) is 39.7. The molecule has 0 unspecified atom stereocenters. The van der Waals surface area contributed by atoms with E-state index >= 15 is 0 Å². The van der Waals surface area contributed by atoms with Gasteiger partial charge in [0.15, 0.2) is 6.10 Å². The van der Waals surface area contributed by atoms with E-state index in [0.717, 1.165) is 21.9 Å². The summed E-state index contributed by atoms with van der Waals surface area (Å²) in [6, 6.07) is 21.3. The number of methoxy groups -OCH3 is 3. The zero-order valence-electron chi connectivity index (χ0n) is 31.8. The Kier molecular flexibility index (Phi) is 15.8. The van der Waals surface area contributed by atoms with Crippen LogP contribution in [0.25, 0.3) is 0 Å². The number of rotatable bonds is 10. The number of nitrogens with one attached hydrogen (secondary N) is 1. The summed E-state index contributed by atoms with van der Waals surface area (Å²) in [6.45, 7) is 5.84. The molecule has 0 saturated carbocycles. The van der Waals surface area contributed by atoms with Crippen LogP contribution in [0.4, 0.5) is 11.4 Å². The third kappa shape index (κ3) is 10.2. The Morgan fingerprint density at radius 2 is 1.45 bits per heavy atom. The molecule has 3 aromatic rings. The minimum atomic E-state index is -0.970. The van der Waals surface area contributed by atoms with E-state index in [-0.39, 0.29) is 46.0 Å². The van der Waals surface area contributed by atoms with Gasteiger partial charge in [0, 0.05) is 47.9 Å². The number of dihydropyridines is 1. The summed E-state index contributed by atoms with van der Waals surface area (Å²) in [5.74, 6) is -2.27. The van der Waals surface area contributed by atoms with Gasteiger partial charge < -0.3 is 34.1 Å². The Morgan fingerprint density at radius 3 is 1.98 bits per heavy atom. The second-order valence-corrected chi connectivity index (χ2v) is 13.7. The molecule has 16 heteroatoms. The Balaban J connectivity index is 0.000000293. The van der Waals surface area contributed by atoms with E-state index in [1.54, 1.807) is 43.7 Å². The molecule has 3 aromatic carbocycles. The lowest BCUT2D eigenvalue weighted by atomic mass is 9.79. The number of halogens is 1. The molecule has 0 aromatic heterocycles. The summed E-state index contributed by atoms with van der Waals surface area (Å²) in [5, 5.41) is 14.0. The molecule has 0 saturated heterocycles.